The van der Waals surface area contributed by atoms with E-state index in [9.17, 15) is 0 Å². The SMILES string of the molecule is CCNC(=NCc1c(CC)nn(C)c1CC)NCC(CC(C)C)N1CCOCC1.I. The maximum Gasteiger partial charge on any atom is 0.191 e. The fourth-order valence-corrected chi connectivity index (χ4v) is 4.14. The summed E-state index contributed by atoms with van der Waals surface area (Å²) in [5.41, 5.74) is 3.73. The Hall–Kier alpha value is -0.870. The summed E-state index contributed by atoms with van der Waals surface area (Å²) in [4.78, 5) is 7.47. The molecule has 1 aliphatic heterocycles. The van der Waals surface area contributed by atoms with Gasteiger partial charge < -0.3 is 15.4 Å². The molecule has 8 heteroatoms. The maximum atomic E-state index is 5.55. The summed E-state index contributed by atoms with van der Waals surface area (Å²) in [5, 5.41) is 11.7. The monoisotopic (exact) mass is 534 g/mol. The van der Waals surface area contributed by atoms with Crippen LogP contribution in [-0.2, 0) is 31.2 Å². The van der Waals surface area contributed by atoms with E-state index in [1.807, 2.05) is 11.7 Å². The number of aryl methyl sites for hydroxylation is 2. The molecule has 7 nitrogen and oxygen atoms in total. The summed E-state index contributed by atoms with van der Waals surface area (Å²) in [6.45, 7) is 17.2. The summed E-state index contributed by atoms with van der Waals surface area (Å²) in [6.07, 6.45) is 3.09. The van der Waals surface area contributed by atoms with Gasteiger partial charge in [-0.1, -0.05) is 27.7 Å². The molecule has 1 saturated heterocycles. The van der Waals surface area contributed by atoms with Gasteiger partial charge in [-0.2, -0.15) is 5.10 Å². The minimum absolute atomic E-state index is 0. The zero-order chi connectivity index (χ0) is 21.2. The van der Waals surface area contributed by atoms with E-state index in [0.29, 0.717) is 18.5 Å². The number of nitrogens with zero attached hydrogens (tertiary/aromatic N) is 4. The van der Waals surface area contributed by atoms with E-state index in [-0.39, 0.29) is 24.0 Å². The van der Waals surface area contributed by atoms with Gasteiger partial charge in [0.15, 0.2) is 5.96 Å². The fourth-order valence-electron chi connectivity index (χ4n) is 4.14. The molecule has 1 fully saturated rings. The first-order valence-corrected chi connectivity index (χ1v) is 11.4. The number of aromatic nitrogens is 2. The van der Waals surface area contributed by atoms with Crippen LogP contribution in [0, 0.1) is 5.92 Å². The Balaban J connectivity index is 0.00000450. The number of guanidine groups is 1. The van der Waals surface area contributed by atoms with Crippen LogP contribution in [0.2, 0.25) is 0 Å². The van der Waals surface area contributed by atoms with Crippen LogP contribution in [0.3, 0.4) is 0 Å². The van der Waals surface area contributed by atoms with Crippen LogP contribution in [-0.4, -0.2) is 66.1 Å². The fraction of sp³-hybridized carbons (Fsp3) is 0.818. The van der Waals surface area contributed by atoms with Gasteiger partial charge in [-0.15, -0.1) is 24.0 Å². The average molecular weight is 535 g/mol. The van der Waals surface area contributed by atoms with Gasteiger partial charge in [-0.25, -0.2) is 4.99 Å². The quantitative estimate of drug-likeness (QED) is 0.275. The minimum Gasteiger partial charge on any atom is -0.379 e. The van der Waals surface area contributed by atoms with Crippen LogP contribution in [0.1, 0.15) is 58.0 Å². The van der Waals surface area contributed by atoms with Crippen molar-refractivity contribution in [1.29, 1.82) is 0 Å². The maximum absolute atomic E-state index is 5.55. The first-order valence-electron chi connectivity index (χ1n) is 11.4. The highest BCUT2D eigenvalue weighted by Gasteiger charge is 2.22. The van der Waals surface area contributed by atoms with Gasteiger partial charge in [0.1, 0.15) is 0 Å². The number of aliphatic imine (C=N–C) groups is 1. The predicted molar refractivity (Wildman–Crippen MR) is 136 cm³/mol. The molecule has 2 N–H and O–H groups in total. The number of rotatable bonds is 10. The third-order valence-corrected chi connectivity index (χ3v) is 5.58. The third-order valence-electron chi connectivity index (χ3n) is 5.58. The van der Waals surface area contributed by atoms with Crippen molar-refractivity contribution in [3.63, 3.8) is 0 Å². The number of nitrogens with one attached hydrogen (secondary N) is 2. The minimum atomic E-state index is 0. The normalized spacial score (nSPS) is 16.4. The van der Waals surface area contributed by atoms with Crippen LogP contribution in [0.5, 0.6) is 0 Å². The zero-order valence-corrected chi connectivity index (χ0v) is 22.2. The van der Waals surface area contributed by atoms with E-state index in [1.54, 1.807) is 0 Å². The van der Waals surface area contributed by atoms with Gasteiger partial charge in [-0.05, 0) is 32.1 Å². The Morgan fingerprint density at radius 1 is 1.13 bits per heavy atom. The van der Waals surface area contributed by atoms with E-state index in [2.05, 4.69) is 55.3 Å². The lowest BCUT2D eigenvalue weighted by atomic mass is 10.0. The van der Waals surface area contributed by atoms with Crippen molar-refractivity contribution >= 4 is 29.9 Å². The predicted octanol–water partition coefficient (Wildman–Crippen LogP) is 2.96. The Kier molecular flexibility index (Phi) is 12.9. The number of hydrogen-bond donors (Lipinski definition) is 2. The van der Waals surface area contributed by atoms with E-state index in [0.717, 1.165) is 63.9 Å². The van der Waals surface area contributed by atoms with Crippen molar-refractivity contribution in [2.24, 2.45) is 18.0 Å². The average Bonchev–Trinajstić information content (AvgIpc) is 3.03. The lowest BCUT2D eigenvalue weighted by Gasteiger charge is -2.35. The molecule has 2 rings (SSSR count). The topological polar surface area (TPSA) is 66.7 Å². The van der Waals surface area contributed by atoms with Crippen LogP contribution in [0.4, 0.5) is 0 Å². The second kappa shape index (κ2) is 14.2. The molecule has 1 aromatic heterocycles. The third kappa shape index (κ3) is 8.00. The van der Waals surface area contributed by atoms with Crippen LogP contribution >= 0.6 is 24.0 Å². The van der Waals surface area contributed by atoms with Crippen molar-refractivity contribution in [3.05, 3.63) is 17.0 Å². The highest BCUT2D eigenvalue weighted by Crippen LogP contribution is 2.17. The zero-order valence-electron chi connectivity index (χ0n) is 19.8. The molecular weight excluding hydrogens is 491 g/mol. The molecule has 0 amide bonds. The molecule has 1 unspecified atom stereocenters. The Labute approximate surface area is 200 Å². The smallest absolute Gasteiger partial charge is 0.191 e. The highest BCUT2D eigenvalue weighted by molar-refractivity contribution is 14.0. The van der Waals surface area contributed by atoms with Gasteiger partial charge in [0.05, 0.1) is 25.5 Å². The van der Waals surface area contributed by atoms with Crippen molar-refractivity contribution in [2.75, 3.05) is 39.4 Å². The van der Waals surface area contributed by atoms with Gasteiger partial charge in [-0.3, -0.25) is 9.58 Å². The van der Waals surface area contributed by atoms with Crippen LogP contribution in [0.25, 0.3) is 0 Å². The summed E-state index contributed by atoms with van der Waals surface area (Å²) in [5.74, 6) is 1.56. The molecule has 0 saturated carbocycles. The van der Waals surface area contributed by atoms with Gasteiger partial charge >= 0.3 is 0 Å². The van der Waals surface area contributed by atoms with E-state index < -0.39 is 0 Å². The molecule has 0 aromatic carbocycles. The highest BCUT2D eigenvalue weighted by atomic mass is 127. The van der Waals surface area contributed by atoms with E-state index in [4.69, 9.17) is 9.73 Å². The summed E-state index contributed by atoms with van der Waals surface area (Å²) >= 11 is 0. The molecule has 1 aromatic rings. The van der Waals surface area contributed by atoms with Gasteiger partial charge in [0.2, 0.25) is 0 Å². The Morgan fingerprint density at radius 3 is 2.40 bits per heavy atom. The van der Waals surface area contributed by atoms with E-state index >= 15 is 0 Å². The molecule has 174 valence electrons. The molecule has 0 radical (unpaired) electrons. The van der Waals surface area contributed by atoms with Crippen molar-refractivity contribution in [3.8, 4) is 0 Å². The lowest BCUT2D eigenvalue weighted by Crippen LogP contribution is -2.51. The second-order valence-electron chi connectivity index (χ2n) is 8.21. The van der Waals surface area contributed by atoms with E-state index in [1.165, 1.54) is 17.7 Å². The van der Waals surface area contributed by atoms with Crippen molar-refractivity contribution in [1.82, 2.24) is 25.3 Å². The molecule has 30 heavy (non-hydrogen) atoms. The largest absolute Gasteiger partial charge is 0.379 e. The molecule has 1 aliphatic rings. The van der Waals surface area contributed by atoms with Crippen molar-refractivity contribution < 1.29 is 4.74 Å². The number of ether oxygens (including phenoxy) is 1. The first kappa shape index (κ1) is 27.2. The van der Waals surface area contributed by atoms with Gasteiger partial charge in [0.25, 0.3) is 0 Å². The Bertz CT molecular complexity index is 640. The molecule has 0 bridgehead atoms. The standard InChI is InChI=1S/C22H42N6O.HI/c1-7-20-19(21(8-2)27(6)26-20)16-25-22(23-9-3)24-15-18(14-17(4)5)28-10-12-29-13-11-28;/h17-18H,7-16H2,1-6H3,(H2,23,24,25);1H. The van der Waals surface area contributed by atoms with Gasteiger partial charge in [0, 0.05) is 50.5 Å². The molecule has 2 heterocycles. The summed E-state index contributed by atoms with van der Waals surface area (Å²) in [7, 11) is 2.04. The first-order chi connectivity index (χ1) is 14.0. The second-order valence-corrected chi connectivity index (χ2v) is 8.21. The number of halogens is 1. The number of morpholine rings is 1. The van der Waals surface area contributed by atoms with Crippen LogP contribution < -0.4 is 10.6 Å². The molecular formula is C22H43IN6O. The summed E-state index contributed by atoms with van der Waals surface area (Å²) in [6, 6.07) is 0.499. The molecule has 0 spiro atoms. The lowest BCUT2D eigenvalue weighted by molar-refractivity contribution is 0.0132. The van der Waals surface area contributed by atoms with Crippen molar-refractivity contribution in [2.45, 2.75) is 66.5 Å². The number of hydrogen-bond acceptors (Lipinski definition) is 4. The molecule has 0 aliphatic carbocycles. The molecule has 1 atom stereocenters. The Morgan fingerprint density at radius 2 is 1.83 bits per heavy atom. The van der Waals surface area contributed by atoms with Crippen LogP contribution in [0.15, 0.2) is 4.99 Å². The summed E-state index contributed by atoms with van der Waals surface area (Å²) < 4.78 is 7.56.